The molecule has 4 rings (SSSR count). The summed E-state index contributed by atoms with van der Waals surface area (Å²) in [6.45, 7) is 0.185. The second-order valence-electron chi connectivity index (χ2n) is 7.66. The van der Waals surface area contributed by atoms with Crippen LogP contribution in [0.4, 0.5) is 4.79 Å². The SMILES string of the molecule is CN(N)C(=O)C(Cc1ccccc1)NC(=O)OCC1c2ccccc2-c2ccccc21. The third-order valence-corrected chi connectivity index (χ3v) is 5.56. The van der Waals surface area contributed by atoms with Crippen LogP contribution in [0, 0.1) is 0 Å². The van der Waals surface area contributed by atoms with Crippen molar-refractivity contribution in [2.24, 2.45) is 5.84 Å². The number of fused-ring (bicyclic) bond motifs is 3. The van der Waals surface area contributed by atoms with E-state index in [0.29, 0.717) is 6.42 Å². The Morgan fingerprint density at radius 3 is 2.06 bits per heavy atom. The quantitative estimate of drug-likeness (QED) is 0.367. The number of carbonyl (C=O) groups excluding carboxylic acids is 2. The Morgan fingerprint density at radius 1 is 0.935 bits per heavy atom. The van der Waals surface area contributed by atoms with Crippen molar-refractivity contribution in [1.82, 2.24) is 10.3 Å². The van der Waals surface area contributed by atoms with Gasteiger partial charge in [0.2, 0.25) is 0 Å². The fraction of sp³-hybridized carbons (Fsp3) is 0.200. The van der Waals surface area contributed by atoms with Crippen LogP contribution in [-0.4, -0.2) is 36.7 Å². The summed E-state index contributed by atoms with van der Waals surface area (Å²) in [4.78, 5) is 25.1. The van der Waals surface area contributed by atoms with Gasteiger partial charge in [-0.25, -0.2) is 10.6 Å². The Balaban J connectivity index is 1.46. The molecule has 31 heavy (non-hydrogen) atoms. The maximum absolute atomic E-state index is 12.6. The molecule has 0 saturated heterocycles. The zero-order valence-electron chi connectivity index (χ0n) is 17.3. The van der Waals surface area contributed by atoms with E-state index in [0.717, 1.165) is 32.8 Å². The number of likely N-dealkylation sites (N-methyl/N-ethyl adjacent to an activating group) is 1. The molecule has 1 atom stereocenters. The fourth-order valence-corrected chi connectivity index (χ4v) is 4.08. The number of hydrogen-bond donors (Lipinski definition) is 2. The number of nitrogens with one attached hydrogen (secondary N) is 1. The topological polar surface area (TPSA) is 84.7 Å². The minimum Gasteiger partial charge on any atom is -0.449 e. The normalized spacial score (nSPS) is 13.1. The maximum atomic E-state index is 12.6. The number of rotatable bonds is 6. The number of benzene rings is 3. The van der Waals surface area contributed by atoms with Crippen LogP contribution in [0.25, 0.3) is 11.1 Å². The van der Waals surface area contributed by atoms with Crippen LogP contribution < -0.4 is 11.2 Å². The molecule has 0 radical (unpaired) electrons. The fourth-order valence-electron chi connectivity index (χ4n) is 4.08. The molecule has 0 aromatic heterocycles. The first kappa shape index (κ1) is 20.6. The van der Waals surface area contributed by atoms with Gasteiger partial charge in [0.05, 0.1) is 0 Å². The van der Waals surface area contributed by atoms with Crippen LogP contribution >= 0.6 is 0 Å². The zero-order chi connectivity index (χ0) is 21.8. The van der Waals surface area contributed by atoms with Gasteiger partial charge in [0.1, 0.15) is 12.6 Å². The minimum atomic E-state index is -0.812. The molecule has 1 aliphatic rings. The molecule has 0 aliphatic heterocycles. The molecule has 3 aromatic rings. The molecule has 6 nitrogen and oxygen atoms in total. The van der Waals surface area contributed by atoms with Gasteiger partial charge in [0, 0.05) is 19.4 Å². The molecule has 1 unspecified atom stereocenters. The summed E-state index contributed by atoms with van der Waals surface area (Å²) >= 11 is 0. The number of carbonyl (C=O) groups is 2. The lowest BCUT2D eigenvalue weighted by molar-refractivity contribution is -0.132. The summed E-state index contributed by atoms with van der Waals surface area (Å²) in [5, 5.41) is 3.67. The van der Waals surface area contributed by atoms with Gasteiger partial charge in [0.25, 0.3) is 5.91 Å². The molecule has 0 saturated carbocycles. The van der Waals surface area contributed by atoms with Gasteiger partial charge in [-0.2, -0.15) is 0 Å². The first-order valence-electron chi connectivity index (χ1n) is 10.2. The van der Waals surface area contributed by atoms with Gasteiger partial charge in [-0.05, 0) is 27.8 Å². The smallest absolute Gasteiger partial charge is 0.407 e. The van der Waals surface area contributed by atoms with Gasteiger partial charge < -0.3 is 10.1 Å². The number of ether oxygens (including phenoxy) is 1. The highest BCUT2D eigenvalue weighted by Crippen LogP contribution is 2.44. The van der Waals surface area contributed by atoms with Crippen LogP contribution in [0.5, 0.6) is 0 Å². The summed E-state index contributed by atoms with van der Waals surface area (Å²) in [7, 11) is 1.46. The predicted molar refractivity (Wildman–Crippen MR) is 119 cm³/mol. The minimum absolute atomic E-state index is 0.0430. The monoisotopic (exact) mass is 415 g/mol. The lowest BCUT2D eigenvalue weighted by Gasteiger charge is -2.22. The summed E-state index contributed by atoms with van der Waals surface area (Å²) in [6, 6.07) is 24.9. The first-order valence-corrected chi connectivity index (χ1v) is 10.2. The lowest BCUT2D eigenvalue weighted by Crippen LogP contribution is -2.51. The van der Waals surface area contributed by atoms with Crippen molar-refractivity contribution < 1.29 is 14.3 Å². The van der Waals surface area contributed by atoms with Gasteiger partial charge in [-0.15, -0.1) is 0 Å². The molecule has 1 aliphatic carbocycles. The van der Waals surface area contributed by atoms with E-state index in [9.17, 15) is 9.59 Å². The van der Waals surface area contributed by atoms with Gasteiger partial charge >= 0.3 is 6.09 Å². The summed E-state index contributed by atoms with van der Waals surface area (Å²) in [5.74, 6) is 5.20. The Kier molecular flexibility index (Phi) is 6.00. The highest BCUT2D eigenvalue weighted by atomic mass is 16.5. The van der Waals surface area contributed by atoms with Gasteiger partial charge in [-0.1, -0.05) is 78.9 Å². The Hall–Kier alpha value is -3.64. The van der Waals surface area contributed by atoms with E-state index in [-0.39, 0.29) is 12.5 Å². The molecular weight excluding hydrogens is 390 g/mol. The Morgan fingerprint density at radius 2 is 1.48 bits per heavy atom. The lowest BCUT2D eigenvalue weighted by atomic mass is 9.98. The van der Waals surface area contributed by atoms with E-state index in [1.807, 2.05) is 54.6 Å². The number of amides is 2. The molecule has 0 spiro atoms. The summed E-state index contributed by atoms with van der Waals surface area (Å²) < 4.78 is 5.58. The van der Waals surface area contributed by atoms with Crippen LogP contribution in [0.15, 0.2) is 78.9 Å². The highest BCUT2D eigenvalue weighted by molar-refractivity contribution is 5.85. The molecule has 6 heteroatoms. The van der Waals surface area contributed by atoms with E-state index < -0.39 is 18.0 Å². The molecule has 0 fully saturated rings. The van der Waals surface area contributed by atoms with Crippen LogP contribution in [0.3, 0.4) is 0 Å². The third kappa shape index (κ3) is 4.44. The number of alkyl carbamates (subject to hydrolysis) is 1. The van der Waals surface area contributed by atoms with E-state index >= 15 is 0 Å². The van der Waals surface area contributed by atoms with Crippen LogP contribution in [0.1, 0.15) is 22.6 Å². The van der Waals surface area contributed by atoms with Gasteiger partial charge in [0.15, 0.2) is 0 Å². The third-order valence-electron chi connectivity index (χ3n) is 5.56. The van der Waals surface area contributed by atoms with E-state index in [4.69, 9.17) is 10.6 Å². The van der Waals surface area contributed by atoms with Crippen molar-refractivity contribution in [3.8, 4) is 11.1 Å². The Bertz CT molecular complexity index is 1040. The second-order valence-corrected chi connectivity index (χ2v) is 7.66. The summed E-state index contributed by atoms with van der Waals surface area (Å²) in [6.07, 6.45) is -0.316. The van der Waals surface area contributed by atoms with E-state index in [1.165, 1.54) is 7.05 Å². The molecule has 0 bridgehead atoms. The average molecular weight is 415 g/mol. The van der Waals surface area contributed by atoms with Crippen LogP contribution in [-0.2, 0) is 16.0 Å². The molecule has 3 aromatic carbocycles. The van der Waals surface area contributed by atoms with Crippen molar-refractivity contribution in [1.29, 1.82) is 0 Å². The summed E-state index contributed by atoms with van der Waals surface area (Å²) in [5.41, 5.74) is 5.51. The average Bonchev–Trinajstić information content (AvgIpc) is 3.11. The van der Waals surface area contributed by atoms with Crippen molar-refractivity contribution in [2.75, 3.05) is 13.7 Å². The van der Waals surface area contributed by atoms with Crippen molar-refractivity contribution in [3.63, 3.8) is 0 Å². The van der Waals surface area contributed by atoms with E-state index in [1.54, 1.807) is 0 Å². The van der Waals surface area contributed by atoms with Gasteiger partial charge in [-0.3, -0.25) is 9.80 Å². The highest BCUT2D eigenvalue weighted by Gasteiger charge is 2.30. The van der Waals surface area contributed by atoms with Crippen molar-refractivity contribution >= 4 is 12.0 Å². The number of hydrogen-bond acceptors (Lipinski definition) is 4. The van der Waals surface area contributed by atoms with Crippen molar-refractivity contribution in [2.45, 2.75) is 18.4 Å². The Labute approximate surface area is 181 Å². The van der Waals surface area contributed by atoms with Crippen LogP contribution in [0.2, 0.25) is 0 Å². The number of hydrazine groups is 1. The molecule has 158 valence electrons. The first-order chi connectivity index (χ1) is 15.0. The standard InChI is InChI=1S/C25H25N3O3/c1-28(26)24(29)23(15-17-9-3-2-4-10-17)27-25(30)31-16-22-20-13-7-5-11-18(20)19-12-6-8-14-21(19)22/h2-14,22-23H,15-16,26H2,1H3,(H,27,30). The second kappa shape index (κ2) is 9.02. The van der Waals surface area contributed by atoms with Crippen molar-refractivity contribution in [3.05, 3.63) is 95.6 Å². The van der Waals surface area contributed by atoms with E-state index in [2.05, 4.69) is 29.6 Å². The zero-order valence-corrected chi connectivity index (χ0v) is 17.3. The number of nitrogens with two attached hydrogens (primary N) is 1. The predicted octanol–water partition coefficient (Wildman–Crippen LogP) is 3.47. The largest absolute Gasteiger partial charge is 0.449 e. The number of nitrogens with zero attached hydrogens (tertiary/aromatic N) is 1. The molecule has 3 N–H and O–H groups in total. The molecule has 2 amide bonds. The maximum Gasteiger partial charge on any atom is 0.407 e. The molecule has 0 heterocycles. The molecular formula is C25H25N3O3.